The lowest BCUT2D eigenvalue weighted by Gasteiger charge is -2.30. The molecule has 0 aliphatic carbocycles. The zero-order chi connectivity index (χ0) is 21.6. The molecule has 0 amide bonds. The first kappa shape index (κ1) is 21.7. The van der Waals surface area contributed by atoms with Crippen LogP contribution in [0.3, 0.4) is 0 Å². The molecule has 31 heavy (non-hydrogen) atoms. The van der Waals surface area contributed by atoms with Crippen LogP contribution in [0.15, 0.2) is 27.8 Å². The summed E-state index contributed by atoms with van der Waals surface area (Å²) in [7, 11) is 4.02. The van der Waals surface area contributed by atoms with Crippen LogP contribution in [0.25, 0.3) is 0 Å². The van der Waals surface area contributed by atoms with Crippen molar-refractivity contribution in [1.29, 1.82) is 0 Å². The highest BCUT2D eigenvalue weighted by Crippen LogP contribution is 2.25. The first-order valence-corrected chi connectivity index (χ1v) is 11.1. The molecule has 2 fully saturated rings. The minimum Gasteiger partial charge on any atom is -0.378 e. The lowest BCUT2D eigenvalue weighted by atomic mass is 10.2. The maximum atomic E-state index is 5.46. The van der Waals surface area contributed by atoms with E-state index in [1.54, 1.807) is 6.21 Å². The maximum absolute atomic E-state index is 5.46. The number of hydrazone groups is 1. The zero-order valence-electron chi connectivity index (χ0n) is 17.8. The Morgan fingerprint density at radius 1 is 0.968 bits per heavy atom. The highest BCUT2D eigenvalue weighted by Gasteiger charge is 2.20. The molecule has 2 aliphatic heterocycles. The van der Waals surface area contributed by atoms with E-state index < -0.39 is 0 Å². The minimum atomic E-state index is 0.415. The van der Waals surface area contributed by atoms with Gasteiger partial charge < -0.3 is 24.2 Å². The summed E-state index contributed by atoms with van der Waals surface area (Å²) in [4.78, 5) is 20.1. The smallest absolute Gasteiger partial charge is 0.250 e. The van der Waals surface area contributed by atoms with Crippen LogP contribution in [0.1, 0.15) is 5.56 Å². The van der Waals surface area contributed by atoms with Gasteiger partial charge in [0.15, 0.2) is 0 Å². The largest absolute Gasteiger partial charge is 0.378 e. The maximum Gasteiger partial charge on any atom is 0.250 e. The van der Waals surface area contributed by atoms with Gasteiger partial charge in [-0.2, -0.15) is 20.1 Å². The second-order valence-corrected chi connectivity index (χ2v) is 8.29. The van der Waals surface area contributed by atoms with Crippen molar-refractivity contribution in [2.24, 2.45) is 5.10 Å². The van der Waals surface area contributed by atoms with E-state index in [1.165, 1.54) is 0 Å². The van der Waals surface area contributed by atoms with Crippen molar-refractivity contribution in [2.45, 2.75) is 0 Å². The molecule has 0 saturated carbocycles. The lowest BCUT2D eigenvalue weighted by molar-refractivity contribution is 0.121. The summed E-state index contributed by atoms with van der Waals surface area (Å²) in [6, 6.07) is 6.07. The Morgan fingerprint density at radius 3 is 2.06 bits per heavy atom. The molecule has 1 aromatic carbocycles. The van der Waals surface area contributed by atoms with Gasteiger partial charge in [0.25, 0.3) is 0 Å². The molecular formula is C20H27BrN8O2. The summed E-state index contributed by atoms with van der Waals surface area (Å²) < 4.78 is 11.9. The number of benzene rings is 1. The number of halogens is 1. The number of hydrogen-bond acceptors (Lipinski definition) is 10. The van der Waals surface area contributed by atoms with Gasteiger partial charge >= 0.3 is 0 Å². The number of ether oxygens (including phenoxy) is 2. The molecule has 0 atom stereocenters. The molecule has 0 spiro atoms. The Bertz CT molecular complexity index is 878. The van der Waals surface area contributed by atoms with Crippen molar-refractivity contribution in [2.75, 3.05) is 86.8 Å². The van der Waals surface area contributed by atoms with Crippen LogP contribution < -0.4 is 20.1 Å². The summed E-state index contributed by atoms with van der Waals surface area (Å²) in [6.07, 6.45) is 1.75. The van der Waals surface area contributed by atoms with Gasteiger partial charge in [-0.25, -0.2) is 5.43 Å². The third-order valence-electron chi connectivity index (χ3n) is 5.03. The molecule has 2 saturated heterocycles. The average Bonchev–Trinajstić information content (AvgIpc) is 2.80. The van der Waals surface area contributed by atoms with Crippen LogP contribution in [-0.2, 0) is 9.47 Å². The van der Waals surface area contributed by atoms with Gasteiger partial charge in [-0.05, 0) is 33.6 Å². The second kappa shape index (κ2) is 10.2. The molecule has 10 nitrogen and oxygen atoms in total. The van der Waals surface area contributed by atoms with Crippen LogP contribution in [0.2, 0.25) is 0 Å². The fraction of sp³-hybridized carbons (Fsp3) is 0.500. The predicted octanol–water partition coefficient (Wildman–Crippen LogP) is 1.82. The van der Waals surface area contributed by atoms with Crippen molar-refractivity contribution < 1.29 is 9.47 Å². The minimum absolute atomic E-state index is 0.415. The molecule has 166 valence electrons. The Labute approximate surface area is 190 Å². The van der Waals surface area contributed by atoms with E-state index >= 15 is 0 Å². The predicted molar refractivity (Wildman–Crippen MR) is 126 cm³/mol. The number of rotatable bonds is 6. The highest BCUT2D eigenvalue weighted by molar-refractivity contribution is 9.10. The highest BCUT2D eigenvalue weighted by atomic mass is 79.9. The molecule has 0 bridgehead atoms. The van der Waals surface area contributed by atoms with Crippen molar-refractivity contribution >= 4 is 45.7 Å². The fourth-order valence-electron chi connectivity index (χ4n) is 3.34. The van der Waals surface area contributed by atoms with E-state index in [0.29, 0.717) is 44.3 Å². The van der Waals surface area contributed by atoms with E-state index in [9.17, 15) is 0 Å². The van der Waals surface area contributed by atoms with Gasteiger partial charge in [0, 0.05) is 44.7 Å². The number of hydrogen-bond donors (Lipinski definition) is 1. The third kappa shape index (κ3) is 5.60. The number of nitrogens with zero attached hydrogens (tertiary/aromatic N) is 7. The van der Waals surface area contributed by atoms with E-state index in [0.717, 1.165) is 41.9 Å². The van der Waals surface area contributed by atoms with E-state index in [1.807, 2.05) is 37.2 Å². The molecule has 2 aromatic rings. The molecule has 0 unspecified atom stereocenters. The van der Waals surface area contributed by atoms with Gasteiger partial charge in [-0.15, -0.1) is 0 Å². The fourth-order valence-corrected chi connectivity index (χ4v) is 4.10. The normalized spacial score (nSPS) is 17.3. The Kier molecular flexibility index (Phi) is 7.15. The number of morpholine rings is 2. The van der Waals surface area contributed by atoms with Gasteiger partial charge in [0.05, 0.1) is 38.3 Å². The van der Waals surface area contributed by atoms with Crippen molar-refractivity contribution in [1.82, 2.24) is 15.0 Å². The molecule has 1 N–H and O–H groups in total. The monoisotopic (exact) mass is 490 g/mol. The molecule has 4 rings (SSSR count). The molecule has 1 aromatic heterocycles. The van der Waals surface area contributed by atoms with E-state index in [2.05, 4.69) is 46.2 Å². The second-order valence-electron chi connectivity index (χ2n) is 7.43. The number of anilines is 4. The topological polar surface area (TPSA) is 91.2 Å². The lowest BCUT2D eigenvalue weighted by Crippen LogP contribution is -2.40. The van der Waals surface area contributed by atoms with Gasteiger partial charge in [0.1, 0.15) is 0 Å². The standard InChI is InChI=1S/C20H27BrN8O2/c1-27(2)17-4-3-15(13-16(17)21)14-22-26-18-23-19(28-5-9-30-10-6-28)25-20(24-18)29-7-11-31-12-8-29/h3-4,13-14H,5-12H2,1-2H3,(H,23,24,25,26)/b22-14+. The van der Waals surface area contributed by atoms with Crippen LogP contribution in [0.5, 0.6) is 0 Å². The van der Waals surface area contributed by atoms with Crippen molar-refractivity contribution in [3.63, 3.8) is 0 Å². The summed E-state index contributed by atoms with van der Waals surface area (Å²) >= 11 is 3.60. The van der Waals surface area contributed by atoms with E-state index in [4.69, 9.17) is 14.5 Å². The zero-order valence-corrected chi connectivity index (χ0v) is 19.4. The Balaban J connectivity index is 1.53. The summed E-state index contributed by atoms with van der Waals surface area (Å²) in [5, 5.41) is 4.35. The average molecular weight is 491 g/mol. The summed E-state index contributed by atoms with van der Waals surface area (Å²) in [5.41, 5.74) is 5.04. The molecular weight excluding hydrogens is 464 g/mol. The van der Waals surface area contributed by atoms with Crippen LogP contribution in [-0.4, -0.2) is 87.9 Å². The SMILES string of the molecule is CN(C)c1ccc(/C=N/Nc2nc(N3CCOCC3)nc(N3CCOCC3)n2)cc1Br. The van der Waals surface area contributed by atoms with Crippen LogP contribution >= 0.6 is 15.9 Å². The first-order valence-electron chi connectivity index (χ1n) is 10.3. The third-order valence-corrected chi connectivity index (χ3v) is 5.67. The molecule has 3 heterocycles. The van der Waals surface area contributed by atoms with Crippen LogP contribution in [0.4, 0.5) is 23.5 Å². The Hall–Kier alpha value is -2.50. The first-order chi connectivity index (χ1) is 15.1. The quantitative estimate of drug-likeness (QED) is 0.480. The number of aromatic nitrogens is 3. The van der Waals surface area contributed by atoms with Crippen molar-refractivity contribution in [3.8, 4) is 0 Å². The van der Waals surface area contributed by atoms with Crippen molar-refractivity contribution in [3.05, 3.63) is 28.2 Å². The van der Waals surface area contributed by atoms with Gasteiger partial charge in [-0.3, -0.25) is 0 Å². The molecule has 0 radical (unpaired) electrons. The number of nitrogens with one attached hydrogen (secondary N) is 1. The molecule has 2 aliphatic rings. The van der Waals surface area contributed by atoms with Gasteiger partial charge in [0.2, 0.25) is 17.8 Å². The summed E-state index contributed by atoms with van der Waals surface area (Å²) in [6.45, 7) is 5.66. The van der Waals surface area contributed by atoms with E-state index in [-0.39, 0.29) is 0 Å². The Morgan fingerprint density at radius 2 is 1.55 bits per heavy atom. The summed E-state index contributed by atoms with van der Waals surface area (Å²) in [5.74, 6) is 1.68. The van der Waals surface area contributed by atoms with Gasteiger partial charge in [-0.1, -0.05) is 6.07 Å². The molecule has 11 heteroatoms. The van der Waals surface area contributed by atoms with Crippen LogP contribution in [0, 0.1) is 0 Å².